The van der Waals surface area contributed by atoms with Crippen molar-refractivity contribution in [2.24, 2.45) is 7.05 Å². The minimum absolute atomic E-state index is 0.0868. The molecule has 1 heterocycles. The number of anilines is 1. The third-order valence-corrected chi connectivity index (χ3v) is 2.52. The normalized spacial score (nSPS) is 14.1. The first kappa shape index (κ1) is 13.5. The third-order valence-electron chi connectivity index (χ3n) is 2.52. The molecule has 0 spiro atoms. The van der Waals surface area contributed by atoms with Crippen LogP contribution in [0, 0.1) is 0 Å². The third kappa shape index (κ3) is 4.07. The Labute approximate surface area is 101 Å². The minimum Gasteiger partial charge on any atom is -0.394 e. The van der Waals surface area contributed by atoms with Crippen molar-refractivity contribution in [1.82, 2.24) is 15.1 Å². The Morgan fingerprint density at radius 3 is 2.82 bits per heavy atom. The molecular formula is C11H20N4O2. The quantitative estimate of drug-likeness (QED) is 0.721. The second-order valence-corrected chi connectivity index (χ2v) is 4.42. The van der Waals surface area contributed by atoms with Crippen LogP contribution in [0.3, 0.4) is 0 Å². The van der Waals surface area contributed by atoms with Crippen molar-refractivity contribution >= 4 is 11.8 Å². The molecule has 2 amide bonds. The van der Waals surface area contributed by atoms with Crippen LogP contribution < -0.4 is 10.6 Å². The molecule has 0 fully saturated rings. The number of hydrogen-bond acceptors (Lipinski definition) is 3. The number of aliphatic hydroxyl groups is 1. The topological polar surface area (TPSA) is 79.2 Å². The van der Waals surface area contributed by atoms with Gasteiger partial charge < -0.3 is 10.4 Å². The van der Waals surface area contributed by atoms with Crippen LogP contribution in [-0.4, -0.2) is 33.1 Å². The van der Waals surface area contributed by atoms with Crippen LogP contribution in [-0.2, 0) is 7.05 Å². The Morgan fingerprint density at radius 1 is 1.65 bits per heavy atom. The van der Waals surface area contributed by atoms with Crippen LogP contribution in [0.4, 0.5) is 10.6 Å². The standard InChI is InChI=1S/C11H20N4O2/c1-4-6-11(2,8-16)13-10(17)12-9-5-7-15(3)14-9/h5,7,16H,4,6,8H2,1-3H3,(H2,12,13,14,17). The van der Waals surface area contributed by atoms with Gasteiger partial charge in [-0.25, -0.2) is 4.79 Å². The molecule has 0 aliphatic carbocycles. The lowest BCUT2D eigenvalue weighted by Gasteiger charge is -2.28. The summed E-state index contributed by atoms with van der Waals surface area (Å²) in [5.74, 6) is 0.488. The summed E-state index contributed by atoms with van der Waals surface area (Å²) in [4.78, 5) is 11.7. The first-order valence-corrected chi connectivity index (χ1v) is 5.69. The number of hydrogen-bond donors (Lipinski definition) is 3. The summed E-state index contributed by atoms with van der Waals surface area (Å²) in [5.41, 5.74) is -0.590. The average molecular weight is 240 g/mol. The van der Waals surface area contributed by atoms with Gasteiger partial charge in [0.15, 0.2) is 5.82 Å². The Balaban J connectivity index is 2.53. The molecule has 0 aliphatic heterocycles. The van der Waals surface area contributed by atoms with E-state index in [1.54, 1.807) is 24.0 Å². The lowest BCUT2D eigenvalue weighted by Crippen LogP contribution is -2.50. The van der Waals surface area contributed by atoms with Crippen LogP contribution in [0.25, 0.3) is 0 Å². The molecule has 96 valence electrons. The van der Waals surface area contributed by atoms with Crippen molar-refractivity contribution < 1.29 is 9.90 Å². The molecule has 1 aromatic heterocycles. The van der Waals surface area contributed by atoms with Crippen LogP contribution in [0.2, 0.25) is 0 Å². The predicted octanol–water partition coefficient (Wildman–Crippen LogP) is 1.09. The maximum atomic E-state index is 11.7. The van der Waals surface area contributed by atoms with Crippen molar-refractivity contribution in [2.75, 3.05) is 11.9 Å². The first-order valence-electron chi connectivity index (χ1n) is 5.69. The molecule has 0 bridgehead atoms. The molecule has 1 atom stereocenters. The molecule has 6 nitrogen and oxygen atoms in total. The molecule has 0 saturated carbocycles. The van der Waals surface area contributed by atoms with E-state index in [2.05, 4.69) is 15.7 Å². The maximum absolute atomic E-state index is 11.7. The number of amides is 2. The monoisotopic (exact) mass is 240 g/mol. The number of aromatic nitrogens is 2. The molecule has 3 N–H and O–H groups in total. The van der Waals surface area contributed by atoms with Gasteiger partial charge in [-0.05, 0) is 13.3 Å². The van der Waals surface area contributed by atoms with Gasteiger partial charge in [0.25, 0.3) is 0 Å². The van der Waals surface area contributed by atoms with Gasteiger partial charge in [0.1, 0.15) is 0 Å². The van der Waals surface area contributed by atoms with Crippen molar-refractivity contribution in [3.05, 3.63) is 12.3 Å². The maximum Gasteiger partial charge on any atom is 0.320 e. The summed E-state index contributed by atoms with van der Waals surface area (Å²) in [6, 6.07) is 1.35. The predicted molar refractivity (Wildman–Crippen MR) is 65.8 cm³/mol. The first-order chi connectivity index (χ1) is 7.99. The fourth-order valence-electron chi connectivity index (χ4n) is 1.64. The zero-order chi connectivity index (χ0) is 12.9. The summed E-state index contributed by atoms with van der Waals surface area (Å²) in [7, 11) is 1.78. The largest absolute Gasteiger partial charge is 0.394 e. The number of nitrogens with zero attached hydrogens (tertiary/aromatic N) is 2. The highest BCUT2D eigenvalue weighted by atomic mass is 16.3. The van der Waals surface area contributed by atoms with E-state index < -0.39 is 5.54 Å². The lowest BCUT2D eigenvalue weighted by molar-refractivity contribution is 0.167. The van der Waals surface area contributed by atoms with Gasteiger partial charge in [-0.1, -0.05) is 13.3 Å². The lowest BCUT2D eigenvalue weighted by atomic mass is 9.98. The Morgan fingerprint density at radius 2 is 2.35 bits per heavy atom. The van der Waals surface area contributed by atoms with Crippen molar-refractivity contribution in [3.8, 4) is 0 Å². The highest BCUT2D eigenvalue weighted by Gasteiger charge is 2.24. The van der Waals surface area contributed by atoms with E-state index in [-0.39, 0.29) is 12.6 Å². The molecule has 0 aromatic carbocycles. The Kier molecular flexibility index (Phi) is 4.51. The van der Waals surface area contributed by atoms with Crippen molar-refractivity contribution in [2.45, 2.75) is 32.2 Å². The van der Waals surface area contributed by atoms with Crippen molar-refractivity contribution in [1.29, 1.82) is 0 Å². The average Bonchev–Trinajstić information content (AvgIpc) is 2.64. The van der Waals surface area contributed by atoms with E-state index >= 15 is 0 Å². The number of carbonyl (C=O) groups is 1. The second-order valence-electron chi connectivity index (χ2n) is 4.42. The van der Waals surface area contributed by atoms with Crippen LogP contribution in [0.15, 0.2) is 12.3 Å². The van der Waals surface area contributed by atoms with Gasteiger partial charge in [-0.15, -0.1) is 0 Å². The molecule has 1 rings (SSSR count). The summed E-state index contributed by atoms with van der Waals surface area (Å²) >= 11 is 0. The van der Waals surface area contributed by atoms with Crippen molar-refractivity contribution in [3.63, 3.8) is 0 Å². The van der Waals surface area contributed by atoms with Gasteiger partial charge in [0.2, 0.25) is 0 Å². The zero-order valence-corrected chi connectivity index (χ0v) is 10.5. The highest BCUT2D eigenvalue weighted by molar-refractivity contribution is 5.88. The summed E-state index contributed by atoms with van der Waals surface area (Å²) in [6.07, 6.45) is 3.35. The highest BCUT2D eigenvalue weighted by Crippen LogP contribution is 2.11. The zero-order valence-electron chi connectivity index (χ0n) is 10.5. The summed E-state index contributed by atoms with van der Waals surface area (Å²) in [6.45, 7) is 3.73. The van der Waals surface area contributed by atoms with Gasteiger partial charge in [0.05, 0.1) is 12.1 Å². The number of aliphatic hydroxyl groups excluding tert-OH is 1. The molecule has 0 aliphatic rings. The Bertz CT molecular complexity index is 377. The van der Waals surface area contributed by atoms with Gasteiger partial charge in [-0.2, -0.15) is 5.10 Å². The SMILES string of the molecule is CCCC(C)(CO)NC(=O)Nc1ccn(C)n1. The number of rotatable bonds is 5. The fourth-order valence-corrected chi connectivity index (χ4v) is 1.64. The summed E-state index contributed by atoms with van der Waals surface area (Å²) in [5, 5.41) is 18.7. The van der Waals surface area contributed by atoms with Gasteiger partial charge in [-0.3, -0.25) is 10.00 Å². The molecule has 0 radical (unpaired) electrons. The number of aryl methyl sites for hydroxylation is 1. The fraction of sp³-hybridized carbons (Fsp3) is 0.636. The number of carbonyl (C=O) groups excluding carboxylic acids is 1. The van der Waals surface area contributed by atoms with E-state index in [1.807, 2.05) is 13.8 Å². The molecule has 6 heteroatoms. The minimum atomic E-state index is -0.590. The molecule has 0 saturated heterocycles. The van der Waals surface area contributed by atoms with Crippen LogP contribution in [0.1, 0.15) is 26.7 Å². The smallest absolute Gasteiger partial charge is 0.320 e. The van der Waals surface area contributed by atoms with Crippen LogP contribution >= 0.6 is 0 Å². The van der Waals surface area contributed by atoms with Crippen LogP contribution in [0.5, 0.6) is 0 Å². The molecule has 1 aromatic rings. The van der Waals surface area contributed by atoms with E-state index in [4.69, 9.17) is 0 Å². The molecule has 17 heavy (non-hydrogen) atoms. The number of urea groups is 1. The summed E-state index contributed by atoms with van der Waals surface area (Å²) < 4.78 is 1.60. The number of nitrogens with one attached hydrogen (secondary N) is 2. The van der Waals surface area contributed by atoms with E-state index in [1.165, 1.54) is 0 Å². The van der Waals surface area contributed by atoms with Gasteiger partial charge in [0, 0.05) is 19.3 Å². The van der Waals surface area contributed by atoms with E-state index in [0.29, 0.717) is 5.82 Å². The van der Waals surface area contributed by atoms with Gasteiger partial charge >= 0.3 is 6.03 Å². The van der Waals surface area contributed by atoms with E-state index in [0.717, 1.165) is 12.8 Å². The van der Waals surface area contributed by atoms with E-state index in [9.17, 15) is 9.90 Å². The second kappa shape index (κ2) is 5.67. The molecular weight excluding hydrogens is 220 g/mol. The molecule has 1 unspecified atom stereocenters. The Hall–Kier alpha value is -1.56.